The monoisotopic (exact) mass is 152 g/mol. The molecule has 3 unspecified atom stereocenters. The Kier molecular flexibility index (Phi) is 1.26. The van der Waals surface area contributed by atoms with Crippen LogP contribution in [-0.4, -0.2) is 11.2 Å². The van der Waals surface area contributed by atoms with Crippen molar-refractivity contribution in [3.8, 4) is 0 Å². The molecule has 0 aliphatic heterocycles. The fraction of sp³-hybridized carbons (Fsp3) is 0.800. The van der Waals surface area contributed by atoms with Gasteiger partial charge in [0, 0.05) is 0 Å². The van der Waals surface area contributed by atoms with Crippen molar-refractivity contribution >= 4 is 0 Å². The van der Waals surface area contributed by atoms with Crippen LogP contribution in [0.4, 0.5) is 0 Å². The zero-order valence-corrected chi connectivity index (χ0v) is 7.46. The lowest BCUT2D eigenvalue weighted by atomic mass is 9.99. The van der Waals surface area contributed by atoms with Crippen LogP contribution in [0.25, 0.3) is 0 Å². The highest BCUT2D eigenvalue weighted by Gasteiger charge is 2.61. The number of allylic oxidation sites excluding steroid dienone is 1. The van der Waals surface area contributed by atoms with Crippen LogP contribution >= 0.6 is 0 Å². The maximum atomic E-state index is 9.65. The molecule has 1 saturated carbocycles. The van der Waals surface area contributed by atoms with Gasteiger partial charge in [0.15, 0.2) is 0 Å². The molecule has 11 heavy (non-hydrogen) atoms. The van der Waals surface area contributed by atoms with Crippen molar-refractivity contribution in [2.75, 3.05) is 0 Å². The zero-order chi connectivity index (χ0) is 8.22. The highest BCUT2D eigenvalue weighted by molar-refractivity contribution is 5.23. The van der Waals surface area contributed by atoms with Gasteiger partial charge in [-0.1, -0.05) is 25.5 Å². The number of hydrogen-bond acceptors (Lipinski definition) is 1. The molecular formula is C10H16O. The normalized spacial score (nSPS) is 46.2. The standard InChI is InChI=1S/C10H16O/c1-6-4-7-9(8(11)5-6)10(7,2)3/h5,7-9,11H,4H2,1-3H3. The van der Waals surface area contributed by atoms with E-state index in [4.69, 9.17) is 0 Å². The summed E-state index contributed by atoms with van der Waals surface area (Å²) in [5, 5.41) is 9.65. The average Bonchev–Trinajstić information content (AvgIpc) is 2.34. The molecule has 0 spiro atoms. The SMILES string of the molecule is CC1=CC(O)C2C(C1)C2(C)C. The van der Waals surface area contributed by atoms with Gasteiger partial charge in [0.2, 0.25) is 0 Å². The van der Waals surface area contributed by atoms with E-state index >= 15 is 0 Å². The van der Waals surface area contributed by atoms with Gasteiger partial charge in [-0.05, 0) is 30.6 Å². The third kappa shape index (κ3) is 0.871. The molecule has 1 nitrogen and oxygen atoms in total. The minimum absolute atomic E-state index is 0.163. The van der Waals surface area contributed by atoms with E-state index in [1.807, 2.05) is 6.08 Å². The van der Waals surface area contributed by atoms with Crippen LogP contribution in [0.15, 0.2) is 11.6 Å². The van der Waals surface area contributed by atoms with Gasteiger partial charge in [0.05, 0.1) is 6.10 Å². The van der Waals surface area contributed by atoms with Gasteiger partial charge in [-0.2, -0.15) is 0 Å². The summed E-state index contributed by atoms with van der Waals surface area (Å²) in [6.45, 7) is 6.64. The molecule has 1 heteroatoms. The van der Waals surface area contributed by atoms with Gasteiger partial charge in [0.25, 0.3) is 0 Å². The summed E-state index contributed by atoms with van der Waals surface area (Å²) in [7, 11) is 0. The lowest BCUT2D eigenvalue weighted by Gasteiger charge is -2.12. The van der Waals surface area contributed by atoms with Crippen molar-refractivity contribution in [2.45, 2.75) is 33.3 Å². The van der Waals surface area contributed by atoms with Gasteiger partial charge >= 0.3 is 0 Å². The van der Waals surface area contributed by atoms with E-state index in [2.05, 4.69) is 20.8 Å². The van der Waals surface area contributed by atoms with Crippen LogP contribution in [0.2, 0.25) is 0 Å². The summed E-state index contributed by atoms with van der Waals surface area (Å²) in [4.78, 5) is 0. The Morgan fingerprint density at radius 2 is 2.18 bits per heavy atom. The highest BCUT2D eigenvalue weighted by Crippen LogP contribution is 2.64. The third-order valence-corrected chi connectivity index (χ3v) is 3.50. The van der Waals surface area contributed by atoms with Crippen molar-refractivity contribution in [2.24, 2.45) is 17.3 Å². The molecule has 2 aliphatic carbocycles. The Labute approximate surface area is 68.1 Å². The Bertz CT molecular complexity index is 215. The fourth-order valence-electron chi connectivity index (χ4n) is 2.66. The third-order valence-electron chi connectivity index (χ3n) is 3.50. The summed E-state index contributed by atoms with van der Waals surface area (Å²) in [6, 6.07) is 0. The van der Waals surface area contributed by atoms with E-state index in [-0.39, 0.29) is 6.10 Å². The molecule has 0 aromatic heterocycles. The Balaban J connectivity index is 2.21. The average molecular weight is 152 g/mol. The number of rotatable bonds is 0. The lowest BCUT2D eigenvalue weighted by molar-refractivity contribution is 0.175. The molecule has 0 heterocycles. The van der Waals surface area contributed by atoms with Gasteiger partial charge in [0.1, 0.15) is 0 Å². The Hall–Kier alpha value is -0.300. The first kappa shape index (κ1) is 7.35. The molecule has 2 rings (SSSR count). The first-order chi connectivity index (χ1) is 5.03. The van der Waals surface area contributed by atoms with E-state index in [0.29, 0.717) is 11.3 Å². The molecule has 62 valence electrons. The molecule has 0 radical (unpaired) electrons. The summed E-state index contributed by atoms with van der Waals surface area (Å²) in [5.41, 5.74) is 1.76. The number of aliphatic hydroxyl groups is 1. The fourth-order valence-corrected chi connectivity index (χ4v) is 2.66. The summed E-state index contributed by atoms with van der Waals surface area (Å²) < 4.78 is 0. The van der Waals surface area contributed by atoms with Crippen LogP contribution in [0.1, 0.15) is 27.2 Å². The summed E-state index contributed by atoms with van der Waals surface area (Å²) >= 11 is 0. The van der Waals surface area contributed by atoms with Gasteiger partial charge in [-0.3, -0.25) is 0 Å². The molecule has 1 fully saturated rings. The van der Waals surface area contributed by atoms with Crippen molar-refractivity contribution in [1.29, 1.82) is 0 Å². The Morgan fingerprint density at radius 3 is 2.73 bits per heavy atom. The van der Waals surface area contributed by atoms with Crippen molar-refractivity contribution < 1.29 is 5.11 Å². The maximum Gasteiger partial charge on any atom is 0.0759 e. The van der Waals surface area contributed by atoms with Gasteiger partial charge in [-0.15, -0.1) is 0 Å². The summed E-state index contributed by atoms with van der Waals surface area (Å²) in [5.74, 6) is 1.30. The van der Waals surface area contributed by atoms with Crippen LogP contribution in [-0.2, 0) is 0 Å². The molecule has 0 saturated heterocycles. The van der Waals surface area contributed by atoms with E-state index in [1.165, 1.54) is 12.0 Å². The van der Waals surface area contributed by atoms with E-state index in [1.54, 1.807) is 0 Å². The molecule has 0 aromatic rings. The summed E-state index contributed by atoms with van der Waals surface area (Å²) in [6.07, 6.45) is 3.06. The van der Waals surface area contributed by atoms with Crippen LogP contribution in [0.3, 0.4) is 0 Å². The van der Waals surface area contributed by atoms with E-state index in [9.17, 15) is 5.11 Å². The molecular weight excluding hydrogens is 136 g/mol. The predicted molar refractivity (Wildman–Crippen MR) is 45.1 cm³/mol. The Morgan fingerprint density at radius 1 is 1.55 bits per heavy atom. The quantitative estimate of drug-likeness (QED) is 0.526. The zero-order valence-electron chi connectivity index (χ0n) is 7.46. The topological polar surface area (TPSA) is 20.2 Å². The van der Waals surface area contributed by atoms with Crippen LogP contribution in [0.5, 0.6) is 0 Å². The molecule has 0 bridgehead atoms. The first-order valence-corrected chi connectivity index (χ1v) is 4.39. The minimum atomic E-state index is -0.163. The van der Waals surface area contributed by atoms with Crippen molar-refractivity contribution in [3.63, 3.8) is 0 Å². The largest absolute Gasteiger partial charge is 0.389 e. The number of fused-ring (bicyclic) bond motifs is 1. The molecule has 1 N–H and O–H groups in total. The van der Waals surface area contributed by atoms with Crippen LogP contribution in [0, 0.1) is 17.3 Å². The van der Waals surface area contributed by atoms with Crippen molar-refractivity contribution in [1.82, 2.24) is 0 Å². The first-order valence-electron chi connectivity index (χ1n) is 4.39. The smallest absolute Gasteiger partial charge is 0.0759 e. The predicted octanol–water partition coefficient (Wildman–Crippen LogP) is 1.97. The maximum absolute atomic E-state index is 9.65. The second-order valence-electron chi connectivity index (χ2n) is 4.66. The number of hydrogen-bond donors (Lipinski definition) is 1. The van der Waals surface area contributed by atoms with Crippen LogP contribution < -0.4 is 0 Å². The highest BCUT2D eigenvalue weighted by atomic mass is 16.3. The number of aliphatic hydroxyl groups excluding tert-OH is 1. The second-order valence-corrected chi connectivity index (χ2v) is 4.66. The van der Waals surface area contributed by atoms with E-state index in [0.717, 1.165) is 5.92 Å². The van der Waals surface area contributed by atoms with Gasteiger partial charge in [-0.25, -0.2) is 0 Å². The van der Waals surface area contributed by atoms with Gasteiger partial charge < -0.3 is 5.11 Å². The van der Waals surface area contributed by atoms with Crippen molar-refractivity contribution in [3.05, 3.63) is 11.6 Å². The van der Waals surface area contributed by atoms with E-state index < -0.39 is 0 Å². The molecule has 2 aliphatic rings. The minimum Gasteiger partial charge on any atom is -0.389 e. The second kappa shape index (κ2) is 1.89. The molecule has 0 aromatic carbocycles. The molecule has 3 atom stereocenters. The lowest BCUT2D eigenvalue weighted by Crippen LogP contribution is -2.13. The molecule has 0 amide bonds.